The van der Waals surface area contributed by atoms with E-state index in [4.69, 9.17) is 6.85 Å². The van der Waals surface area contributed by atoms with Gasteiger partial charge in [-0.25, -0.2) is 0 Å². The van der Waals surface area contributed by atoms with E-state index in [9.17, 15) is 18.0 Å². The third-order valence-corrected chi connectivity index (χ3v) is 1.07. The lowest BCUT2D eigenvalue weighted by atomic mass is 10.1. The van der Waals surface area contributed by atoms with Crippen LogP contribution in [-0.2, 0) is 6.18 Å². The molecule has 2 nitrogen and oxygen atoms in total. The van der Waals surface area contributed by atoms with Crippen molar-refractivity contribution in [2.75, 3.05) is 0 Å². The molecule has 0 aliphatic heterocycles. The van der Waals surface area contributed by atoms with Crippen LogP contribution < -0.4 is 5.56 Å². The lowest BCUT2D eigenvalue weighted by Gasteiger charge is -2.07. The van der Waals surface area contributed by atoms with Gasteiger partial charge in [-0.2, -0.15) is 13.2 Å². The Labute approximate surface area is 73.1 Å². The van der Waals surface area contributed by atoms with E-state index in [1.165, 1.54) is 4.98 Å². The van der Waals surface area contributed by atoms with Gasteiger partial charge in [0.2, 0.25) is 5.56 Å². The number of alkyl halides is 3. The molecule has 1 rings (SSSR count). The molecule has 1 heterocycles. The summed E-state index contributed by atoms with van der Waals surface area (Å²) in [5.41, 5.74) is -4.59. The molecule has 0 aliphatic carbocycles. The summed E-state index contributed by atoms with van der Waals surface area (Å²) in [5, 5.41) is 0. The lowest BCUT2D eigenvalue weighted by molar-refractivity contribution is -0.138. The first kappa shape index (κ1) is 4.11. The van der Waals surface area contributed by atoms with E-state index in [1.54, 1.807) is 0 Å². The number of aromatic amines is 1. The van der Waals surface area contributed by atoms with Crippen molar-refractivity contribution in [2.45, 2.75) is 13.0 Å². The first-order valence-electron chi connectivity index (χ1n) is 5.27. The minimum absolute atomic E-state index is 1.30. The topological polar surface area (TPSA) is 32.9 Å². The summed E-state index contributed by atoms with van der Waals surface area (Å²) in [5.74, 6) is 0. The van der Waals surface area contributed by atoms with Crippen molar-refractivity contribution in [3.8, 4) is 0 Å². The highest BCUT2D eigenvalue weighted by Gasteiger charge is 2.32. The Morgan fingerprint density at radius 1 is 1.67 bits per heavy atom. The molecule has 0 radical (unpaired) electrons. The van der Waals surface area contributed by atoms with Gasteiger partial charge in [-0.05, 0) is 12.4 Å². The predicted molar refractivity (Wildman–Crippen MR) is 36.8 cm³/mol. The van der Waals surface area contributed by atoms with E-state index in [0.717, 1.165) is 0 Å². The van der Waals surface area contributed by atoms with Gasteiger partial charge in [0.1, 0.15) is 0 Å². The van der Waals surface area contributed by atoms with Crippen LogP contribution in [0.2, 0.25) is 0 Å². The smallest absolute Gasteiger partial charge is 0.328 e. The molecule has 1 N–H and O–H groups in total. The van der Waals surface area contributed by atoms with Gasteiger partial charge in [0.05, 0.1) is 8.30 Å². The van der Waals surface area contributed by atoms with Gasteiger partial charge in [0.25, 0.3) is 0 Å². The lowest BCUT2D eigenvalue weighted by Crippen LogP contribution is -2.13. The SMILES string of the molecule is [2H]c1[nH]c(=O)c([2H])c(C([2H])([2H])[2H])c1C(F)(F)F. The Bertz CT molecular complexity index is 504. The zero-order chi connectivity index (χ0) is 13.6. The van der Waals surface area contributed by atoms with Gasteiger partial charge in [-0.1, -0.05) is 0 Å². The normalized spacial score (nSPS) is 18.8. The number of hydrogen-bond donors (Lipinski definition) is 1. The van der Waals surface area contributed by atoms with E-state index in [0.29, 0.717) is 0 Å². The van der Waals surface area contributed by atoms with Crippen molar-refractivity contribution in [1.29, 1.82) is 0 Å². The number of hydrogen-bond acceptors (Lipinski definition) is 1. The predicted octanol–water partition coefficient (Wildman–Crippen LogP) is 1.70. The summed E-state index contributed by atoms with van der Waals surface area (Å²) in [6.45, 7) is -3.29. The second kappa shape index (κ2) is 2.66. The second-order valence-electron chi connectivity index (χ2n) is 1.95. The largest absolute Gasteiger partial charge is 0.418 e. The maximum atomic E-state index is 12.6. The van der Waals surface area contributed by atoms with Crippen molar-refractivity contribution < 1.29 is 20.0 Å². The minimum Gasteiger partial charge on any atom is -0.328 e. The van der Waals surface area contributed by atoms with E-state index in [-0.39, 0.29) is 0 Å². The van der Waals surface area contributed by atoms with Crippen LogP contribution in [0.5, 0.6) is 0 Å². The molecule has 5 heteroatoms. The number of aromatic nitrogens is 1. The summed E-state index contributed by atoms with van der Waals surface area (Å²) in [6.07, 6.45) is -6.48. The van der Waals surface area contributed by atoms with Gasteiger partial charge in [-0.15, -0.1) is 0 Å². The fourth-order valence-electron chi connectivity index (χ4n) is 0.602. The summed E-state index contributed by atoms with van der Waals surface area (Å²) >= 11 is 0. The minimum atomic E-state index is -5.12. The van der Waals surface area contributed by atoms with Crippen molar-refractivity contribution in [2.24, 2.45) is 0 Å². The van der Waals surface area contributed by atoms with Gasteiger partial charge < -0.3 is 4.98 Å². The van der Waals surface area contributed by atoms with Crippen LogP contribution in [0.25, 0.3) is 0 Å². The van der Waals surface area contributed by atoms with Crippen LogP contribution in [0.4, 0.5) is 13.2 Å². The van der Waals surface area contributed by atoms with Crippen LogP contribution in [0, 0.1) is 6.85 Å². The Kier molecular flexibility index (Phi) is 0.910. The Morgan fingerprint density at radius 2 is 2.33 bits per heavy atom. The van der Waals surface area contributed by atoms with E-state index < -0.39 is 41.9 Å². The van der Waals surface area contributed by atoms with Crippen molar-refractivity contribution in [1.82, 2.24) is 4.98 Å². The van der Waals surface area contributed by atoms with Gasteiger partial charge in [-0.3, -0.25) is 4.79 Å². The second-order valence-corrected chi connectivity index (χ2v) is 1.95. The molecule has 0 fully saturated rings. The molecule has 0 saturated heterocycles. The number of pyridine rings is 1. The van der Waals surface area contributed by atoms with Gasteiger partial charge in [0.15, 0.2) is 0 Å². The zero-order valence-corrected chi connectivity index (χ0v) is 5.54. The van der Waals surface area contributed by atoms with Crippen molar-refractivity contribution in [3.05, 3.63) is 33.7 Å². The zero-order valence-electron chi connectivity index (χ0n) is 10.5. The molecule has 0 aliphatic rings. The maximum absolute atomic E-state index is 12.6. The van der Waals surface area contributed by atoms with Crippen LogP contribution in [-0.4, -0.2) is 4.98 Å². The molecule has 1 aromatic rings. The van der Waals surface area contributed by atoms with E-state index in [2.05, 4.69) is 0 Å². The van der Waals surface area contributed by atoms with Gasteiger partial charge >= 0.3 is 6.18 Å². The number of rotatable bonds is 0. The summed E-state index contributed by atoms with van der Waals surface area (Å²) in [7, 11) is 0. The summed E-state index contributed by atoms with van der Waals surface area (Å²) in [6, 6.07) is -1.30. The molecule has 0 unspecified atom stereocenters. The average molecular weight is 182 g/mol. The quantitative estimate of drug-likeness (QED) is 0.650. The fraction of sp³-hybridized carbons (Fsp3) is 0.286. The molecule has 12 heavy (non-hydrogen) atoms. The molecule has 0 aromatic carbocycles. The molecule has 0 amide bonds. The molecule has 0 bridgehead atoms. The third-order valence-electron chi connectivity index (χ3n) is 1.07. The van der Waals surface area contributed by atoms with Crippen LogP contribution >= 0.6 is 0 Å². The molecule has 1 aromatic heterocycles. The van der Waals surface area contributed by atoms with Crippen molar-refractivity contribution >= 4 is 0 Å². The first-order chi connectivity index (χ1) is 7.46. The standard InChI is InChI=1S/C7H6F3NO/c1-4-2-6(12)11-3-5(4)7(8,9)10/h2-3H,1H3,(H,11,12)/i1D3,2D,3D. The van der Waals surface area contributed by atoms with Crippen molar-refractivity contribution in [3.63, 3.8) is 0 Å². The van der Waals surface area contributed by atoms with Crippen LogP contribution in [0.15, 0.2) is 17.0 Å². The van der Waals surface area contributed by atoms with E-state index in [1.807, 2.05) is 0 Å². The highest BCUT2D eigenvalue weighted by Crippen LogP contribution is 2.29. The van der Waals surface area contributed by atoms with Crippen LogP contribution in [0.1, 0.15) is 18.0 Å². The summed E-state index contributed by atoms with van der Waals surface area (Å²) < 4.78 is 72.5. The van der Waals surface area contributed by atoms with Gasteiger partial charge in [0, 0.05) is 16.3 Å². The molecule has 66 valence electrons. The Hall–Kier alpha value is -1.26. The molecule has 0 atom stereocenters. The number of halogens is 3. The molecular weight excluding hydrogens is 171 g/mol. The number of nitrogens with one attached hydrogen (secondary N) is 1. The highest BCUT2D eigenvalue weighted by molar-refractivity contribution is 5.24. The Balaban J connectivity index is 3.82. The highest BCUT2D eigenvalue weighted by atomic mass is 19.4. The number of H-pyrrole nitrogens is 1. The average Bonchev–Trinajstić information content (AvgIpc) is 2.06. The molecule has 0 saturated carbocycles. The third kappa shape index (κ3) is 1.66. The monoisotopic (exact) mass is 182 g/mol. The maximum Gasteiger partial charge on any atom is 0.418 e. The Morgan fingerprint density at radius 3 is 2.83 bits per heavy atom. The van der Waals surface area contributed by atoms with E-state index >= 15 is 0 Å². The van der Waals surface area contributed by atoms with Crippen LogP contribution in [0.3, 0.4) is 0 Å². The fourth-order valence-corrected chi connectivity index (χ4v) is 0.602. The molecular formula is C7H6F3NO. The summed E-state index contributed by atoms with van der Waals surface area (Å²) in [4.78, 5) is 12.5. The first-order valence-corrected chi connectivity index (χ1v) is 2.77. The molecule has 0 spiro atoms.